The maximum atomic E-state index is 13.3. The number of aryl methyl sites for hydroxylation is 1. The molecule has 1 aliphatic rings. The largest absolute Gasteiger partial charge is 0.371 e. The number of nitrogens with one attached hydrogen (secondary N) is 2. The Labute approximate surface area is 177 Å². The molecule has 3 rings (SSSR count). The molecular weight excluding hydrogens is 381 g/mol. The predicted molar refractivity (Wildman–Crippen MR) is 118 cm³/mol. The molecule has 0 saturated carbocycles. The lowest BCUT2D eigenvalue weighted by Crippen LogP contribution is -2.43. The first kappa shape index (κ1) is 21.8. The summed E-state index contributed by atoms with van der Waals surface area (Å²) in [5, 5.41) is 5.78. The summed E-state index contributed by atoms with van der Waals surface area (Å²) in [4.78, 5) is 27.5. The van der Waals surface area contributed by atoms with Crippen molar-refractivity contribution in [3.63, 3.8) is 0 Å². The van der Waals surface area contributed by atoms with E-state index in [2.05, 4.69) is 21.6 Å². The van der Waals surface area contributed by atoms with Crippen LogP contribution in [-0.4, -0.2) is 30.9 Å². The molecule has 1 heterocycles. The van der Waals surface area contributed by atoms with Crippen LogP contribution >= 0.6 is 0 Å². The fraction of sp³-hybridized carbons (Fsp3) is 0.417. The maximum absolute atomic E-state index is 13.3. The number of benzene rings is 2. The van der Waals surface area contributed by atoms with Crippen LogP contribution in [-0.2, 0) is 16.0 Å². The lowest BCUT2D eigenvalue weighted by Gasteiger charge is -2.20. The number of carbonyl (C=O) groups excluding carboxylic acids is 2. The van der Waals surface area contributed by atoms with Gasteiger partial charge in [0.25, 0.3) is 0 Å². The number of rotatable bonds is 9. The second-order valence-electron chi connectivity index (χ2n) is 7.77. The van der Waals surface area contributed by atoms with Gasteiger partial charge in [0.1, 0.15) is 11.9 Å². The van der Waals surface area contributed by atoms with Crippen molar-refractivity contribution in [1.29, 1.82) is 0 Å². The van der Waals surface area contributed by atoms with Crippen LogP contribution < -0.4 is 15.5 Å². The van der Waals surface area contributed by atoms with Crippen molar-refractivity contribution in [2.75, 3.05) is 23.3 Å². The highest BCUT2D eigenvalue weighted by atomic mass is 19.1. The number of anilines is 2. The van der Waals surface area contributed by atoms with Crippen molar-refractivity contribution in [2.45, 2.75) is 51.5 Å². The maximum Gasteiger partial charge on any atom is 0.246 e. The van der Waals surface area contributed by atoms with E-state index in [1.807, 2.05) is 25.1 Å². The SMILES string of the molecule is CCCC(NC(=O)CCc1cccc(F)c1)C(=O)Nc1cccc(N2CCCC2)c1. The Balaban J connectivity index is 1.56. The highest BCUT2D eigenvalue weighted by molar-refractivity contribution is 5.97. The molecule has 2 amide bonds. The minimum absolute atomic E-state index is 0.210. The number of amides is 2. The zero-order valence-corrected chi connectivity index (χ0v) is 17.5. The van der Waals surface area contributed by atoms with E-state index in [-0.39, 0.29) is 24.1 Å². The van der Waals surface area contributed by atoms with E-state index >= 15 is 0 Å². The molecule has 2 aromatic carbocycles. The molecule has 1 unspecified atom stereocenters. The minimum Gasteiger partial charge on any atom is -0.371 e. The fourth-order valence-electron chi connectivity index (χ4n) is 3.76. The molecule has 0 bridgehead atoms. The molecule has 6 heteroatoms. The molecule has 1 fully saturated rings. The molecule has 1 aliphatic heterocycles. The molecule has 2 N–H and O–H groups in total. The van der Waals surface area contributed by atoms with Gasteiger partial charge in [0.05, 0.1) is 0 Å². The summed E-state index contributed by atoms with van der Waals surface area (Å²) in [5.41, 5.74) is 2.61. The summed E-state index contributed by atoms with van der Waals surface area (Å²) in [6.45, 7) is 4.06. The number of halogens is 1. The number of hydrogen-bond donors (Lipinski definition) is 2. The van der Waals surface area contributed by atoms with Crippen LogP contribution in [0.2, 0.25) is 0 Å². The first-order valence-electron chi connectivity index (χ1n) is 10.7. The molecule has 160 valence electrons. The van der Waals surface area contributed by atoms with Crippen LogP contribution in [0.4, 0.5) is 15.8 Å². The smallest absolute Gasteiger partial charge is 0.246 e. The Kier molecular flexibility index (Phi) is 7.82. The van der Waals surface area contributed by atoms with Gasteiger partial charge < -0.3 is 15.5 Å². The third kappa shape index (κ3) is 6.31. The Hall–Kier alpha value is -2.89. The molecule has 30 heavy (non-hydrogen) atoms. The van der Waals surface area contributed by atoms with E-state index in [1.165, 1.54) is 25.0 Å². The molecule has 1 atom stereocenters. The zero-order valence-electron chi connectivity index (χ0n) is 17.5. The van der Waals surface area contributed by atoms with E-state index in [0.717, 1.165) is 36.4 Å². The summed E-state index contributed by atoms with van der Waals surface area (Å²) >= 11 is 0. The third-order valence-electron chi connectivity index (χ3n) is 5.34. The van der Waals surface area contributed by atoms with Gasteiger partial charge in [0, 0.05) is 30.9 Å². The van der Waals surface area contributed by atoms with Crippen molar-refractivity contribution in [1.82, 2.24) is 5.32 Å². The molecule has 5 nitrogen and oxygen atoms in total. The summed E-state index contributed by atoms with van der Waals surface area (Å²) in [6.07, 6.45) is 4.36. The van der Waals surface area contributed by atoms with Crippen LogP contribution in [0.3, 0.4) is 0 Å². The second-order valence-corrected chi connectivity index (χ2v) is 7.77. The zero-order chi connectivity index (χ0) is 21.3. The molecule has 2 aromatic rings. The third-order valence-corrected chi connectivity index (χ3v) is 5.34. The molecule has 0 radical (unpaired) electrons. The minimum atomic E-state index is -0.592. The monoisotopic (exact) mass is 411 g/mol. The Bertz CT molecular complexity index is 865. The first-order valence-corrected chi connectivity index (χ1v) is 10.7. The van der Waals surface area contributed by atoms with E-state index in [0.29, 0.717) is 12.8 Å². The fourth-order valence-corrected chi connectivity index (χ4v) is 3.76. The van der Waals surface area contributed by atoms with E-state index in [1.54, 1.807) is 12.1 Å². The van der Waals surface area contributed by atoms with Gasteiger partial charge >= 0.3 is 0 Å². The Morgan fingerprint density at radius 3 is 2.60 bits per heavy atom. The van der Waals surface area contributed by atoms with E-state index in [9.17, 15) is 14.0 Å². The topological polar surface area (TPSA) is 61.4 Å². The summed E-state index contributed by atoms with van der Waals surface area (Å²) < 4.78 is 13.3. The van der Waals surface area contributed by atoms with Gasteiger partial charge in [0.15, 0.2) is 0 Å². The van der Waals surface area contributed by atoms with Gasteiger partial charge in [-0.15, -0.1) is 0 Å². The van der Waals surface area contributed by atoms with Crippen LogP contribution in [0.15, 0.2) is 48.5 Å². The molecule has 1 saturated heterocycles. The lowest BCUT2D eigenvalue weighted by atomic mass is 10.1. The van der Waals surface area contributed by atoms with Gasteiger partial charge in [-0.3, -0.25) is 9.59 Å². The van der Waals surface area contributed by atoms with Crippen LogP contribution in [0.25, 0.3) is 0 Å². The Morgan fingerprint density at radius 1 is 1.10 bits per heavy atom. The van der Waals surface area contributed by atoms with E-state index < -0.39 is 6.04 Å². The van der Waals surface area contributed by atoms with Gasteiger partial charge in [-0.25, -0.2) is 4.39 Å². The average Bonchev–Trinajstić information content (AvgIpc) is 3.27. The number of hydrogen-bond acceptors (Lipinski definition) is 3. The number of nitrogens with zero attached hydrogens (tertiary/aromatic N) is 1. The van der Waals surface area contributed by atoms with E-state index in [4.69, 9.17) is 0 Å². The molecule has 0 spiro atoms. The van der Waals surface area contributed by atoms with Gasteiger partial charge in [-0.05, 0) is 61.6 Å². The van der Waals surface area contributed by atoms with Crippen molar-refractivity contribution < 1.29 is 14.0 Å². The normalized spacial score (nSPS) is 14.4. The quantitative estimate of drug-likeness (QED) is 0.647. The molecule has 0 aliphatic carbocycles. The second kappa shape index (κ2) is 10.8. The summed E-state index contributed by atoms with van der Waals surface area (Å²) in [6, 6.07) is 13.5. The predicted octanol–water partition coefficient (Wildman–Crippen LogP) is 4.28. The van der Waals surface area contributed by atoms with Crippen molar-refractivity contribution >= 4 is 23.2 Å². The lowest BCUT2D eigenvalue weighted by molar-refractivity contribution is -0.126. The standard InChI is InChI=1S/C24H30FN3O2/c1-2-7-22(27-23(29)13-12-18-8-5-9-19(25)16-18)24(30)26-20-10-6-11-21(17-20)28-14-3-4-15-28/h5-6,8-11,16-17,22H,2-4,7,12-15H2,1H3,(H,26,30)(H,27,29). The molecule has 0 aromatic heterocycles. The highest BCUT2D eigenvalue weighted by Gasteiger charge is 2.20. The van der Waals surface area contributed by atoms with Gasteiger partial charge in [-0.1, -0.05) is 31.5 Å². The van der Waals surface area contributed by atoms with Crippen LogP contribution in [0, 0.1) is 5.82 Å². The van der Waals surface area contributed by atoms with Gasteiger partial charge in [-0.2, -0.15) is 0 Å². The number of carbonyl (C=O) groups is 2. The van der Waals surface area contributed by atoms with Gasteiger partial charge in [0.2, 0.25) is 11.8 Å². The average molecular weight is 412 g/mol. The van der Waals surface area contributed by atoms with Crippen molar-refractivity contribution in [2.24, 2.45) is 0 Å². The van der Waals surface area contributed by atoms with Crippen molar-refractivity contribution in [3.8, 4) is 0 Å². The van der Waals surface area contributed by atoms with Crippen LogP contribution in [0.1, 0.15) is 44.6 Å². The highest BCUT2D eigenvalue weighted by Crippen LogP contribution is 2.23. The van der Waals surface area contributed by atoms with Crippen molar-refractivity contribution in [3.05, 3.63) is 59.9 Å². The van der Waals surface area contributed by atoms with Crippen LogP contribution in [0.5, 0.6) is 0 Å². The first-order chi connectivity index (χ1) is 14.5. The summed E-state index contributed by atoms with van der Waals surface area (Å²) in [5.74, 6) is -0.736. The Morgan fingerprint density at radius 2 is 1.87 bits per heavy atom. The molecular formula is C24H30FN3O2. The summed E-state index contributed by atoms with van der Waals surface area (Å²) in [7, 11) is 0.